The Morgan fingerprint density at radius 2 is 2.25 bits per heavy atom. The zero-order valence-corrected chi connectivity index (χ0v) is 9.91. The van der Waals surface area contributed by atoms with Gasteiger partial charge >= 0.3 is 0 Å². The van der Waals surface area contributed by atoms with E-state index in [1.165, 1.54) is 0 Å². The van der Waals surface area contributed by atoms with Crippen molar-refractivity contribution in [2.24, 2.45) is 0 Å². The van der Waals surface area contributed by atoms with Crippen LogP contribution in [0, 0.1) is 25.2 Å². The van der Waals surface area contributed by atoms with Crippen LogP contribution in [0.15, 0.2) is 6.07 Å². The molecule has 0 bridgehead atoms. The molecule has 1 aromatic rings. The van der Waals surface area contributed by atoms with E-state index in [9.17, 15) is 0 Å². The minimum Gasteiger partial charge on any atom is -0.396 e. The van der Waals surface area contributed by atoms with Gasteiger partial charge in [0.1, 0.15) is 6.07 Å². The number of nitriles is 1. The summed E-state index contributed by atoms with van der Waals surface area (Å²) in [5.74, 6) is 0. The molecule has 2 N–H and O–H groups in total. The smallest absolute Gasteiger partial charge is 0.103 e. The Balaban J connectivity index is 2.99. The maximum absolute atomic E-state index is 9.05. The van der Waals surface area contributed by atoms with E-state index in [1.54, 1.807) is 0 Å². The van der Waals surface area contributed by atoms with E-state index in [-0.39, 0.29) is 12.6 Å². The van der Waals surface area contributed by atoms with E-state index in [1.807, 2.05) is 26.8 Å². The van der Waals surface area contributed by atoms with Gasteiger partial charge in [-0.25, -0.2) is 0 Å². The molecule has 1 atom stereocenters. The molecule has 0 spiro atoms. The maximum atomic E-state index is 9.05. The zero-order chi connectivity index (χ0) is 12.1. The van der Waals surface area contributed by atoms with Crippen LogP contribution in [-0.4, -0.2) is 22.7 Å². The van der Waals surface area contributed by atoms with Crippen molar-refractivity contribution >= 4 is 5.69 Å². The molecule has 16 heavy (non-hydrogen) atoms. The highest BCUT2D eigenvalue weighted by molar-refractivity contribution is 5.60. The highest BCUT2D eigenvalue weighted by Crippen LogP contribution is 2.19. The molecule has 1 unspecified atom stereocenters. The molecule has 4 nitrogen and oxygen atoms in total. The van der Waals surface area contributed by atoms with Gasteiger partial charge in [0.25, 0.3) is 0 Å². The van der Waals surface area contributed by atoms with Crippen LogP contribution in [-0.2, 0) is 0 Å². The molecule has 0 aliphatic rings. The number of aromatic nitrogens is 1. The summed E-state index contributed by atoms with van der Waals surface area (Å²) in [6.45, 7) is 5.84. The van der Waals surface area contributed by atoms with E-state index in [0.717, 1.165) is 17.1 Å². The van der Waals surface area contributed by atoms with Crippen LogP contribution in [0.1, 0.15) is 30.3 Å². The van der Waals surface area contributed by atoms with Gasteiger partial charge in [-0.2, -0.15) is 5.26 Å². The second kappa shape index (κ2) is 5.47. The number of aryl methyl sites for hydroxylation is 2. The number of rotatable bonds is 4. The fourth-order valence-corrected chi connectivity index (χ4v) is 1.61. The van der Waals surface area contributed by atoms with Crippen LogP contribution in [0.2, 0.25) is 0 Å². The van der Waals surface area contributed by atoms with Crippen LogP contribution >= 0.6 is 0 Å². The standard InChI is InChI=1S/C12H17N3O/c1-8(4-5-16)15-12-6-9(2)14-10(3)11(12)7-13/h6,8,16H,4-5H2,1-3H3,(H,14,15). The Hall–Kier alpha value is -1.60. The number of aliphatic hydroxyl groups is 1. The quantitative estimate of drug-likeness (QED) is 0.809. The van der Waals surface area contributed by atoms with Crippen molar-refractivity contribution in [1.29, 1.82) is 5.26 Å². The van der Waals surface area contributed by atoms with E-state index < -0.39 is 0 Å². The summed E-state index contributed by atoms with van der Waals surface area (Å²) >= 11 is 0. The Bertz CT molecular complexity index is 409. The molecule has 0 saturated heterocycles. The molecule has 1 heterocycles. The number of hydrogen-bond acceptors (Lipinski definition) is 4. The van der Waals surface area contributed by atoms with Crippen LogP contribution < -0.4 is 5.32 Å². The number of nitrogens with one attached hydrogen (secondary N) is 1. The first-order valence-corrected chi connectivity index (χ1v) is 5.34. The van der Waals surface area contributed by atoms with E-state index in [4.69, 9.17) is 10.4 Å². The summed E-state index contributed by atoms with van der Waals surface area (Å²) in [6, 6.07) is 4.15. The van der Waals surface area contributed by atoms with E-state index in [2.05, 4.69) is 16.4 Å². The second-order valence-corrected chi connectivity index (χ2v) is 3.94. The van der Waals surface area contributed by atoms with Crippen molar-refractivity contribution in [3.05, 3.63) is 23.0 Å². The number of hydrogen-bond donors (Lipinski definition) is 2. The lowest BCUT2D eigenvalue weighted by Gasteiger charge is -2.16. The van der Waals surface area contributed by atoms with Crippen molar-refractivity contribution < 1.29 is 5.11 Å². The van der Waals surface area contributed by atoms with Gasteiger partial charge in [0.15, 0.2) is 0 Å². The minimum atomic E-state index is 0.137. The average Bonchev–Trinajstić information content (AvgIpc) is 2.17. The molecule has 0 aromatic carbocycles. The largest absolute Gasteiger partial charge is 0.396 e. The molecule has 0 fully saturated rings. The van der Waals surface area contributed by atoms with Crippen molar-refractivity contribution in [3.8, 4) is 6.07 Å². The molecule has 1 rings (SSSR count). The third-order valence-corrected chi connectivity index (χ3v) is 2.40. The van der Waals surface area contributed by atoms with Crippen LogP contribution in [0.3, 0.4) is 0 Å². The molecule has 0 aliphatic carbocycles. The lowest BCUT2D eigenvalue weighted by Crippen LogP contribution is -2.18. The van der Waals surface area contributed by atoms with Crippen molar-refractivity contribution in [3.63, 3.8) is 0 Å². The van der Waals surface area contributed by atoms with Crippen molar-refractivity contribution in [2.45, 2.75) is 33.2 Å². The van der Waals surface area contributed by atoms with Crippen molar-refractivity contribution in [2.75, 3.05) is 11.9 Å². The molecule has 1 aromatic heterocycles. The zero-order valence-electron chi connectivity index (χ0n) is 9.91. The van der Waals surface area contributed by atoms with Gasteiger partial charge in [-0.1, -0.05) is 0 Å². The minimum absolute atomic E-state index is 0.137. The summed E-state index contributed by atoms with van der Waals surface area (Å²) in [7, 11) is 0. The summed E-state index contributed by atoms with van der Waals surface area (Å²) in [5.41, 5.74) is 3.00. The summed E-state index contributed by atoms with van der Waals surface area (Å²) in [4.78, 5) is 4.25. The fraction of sp³-hybridized carbons (Fsp3) is 0.500. The van der Waals surface area contributed by atoms with Gasteiger partial charge in [-0.05, 0) is 33.3 Å². The van der Waals surface area contributed by atoms with Gasteiger partial charge in [0, 0.05) is 18.3 Å². The molecule has 0 saturated carbocycles. The maximum Gasteiger partial charge on any atom is 0.103 e. The third-order valence-electron chi connectivity index (χ3n) is 2.40. The van der Waals surface area contributed by atoms with Gasteiger partial charge in [-0.15, -0.1) is 0 Å². The summed E-state index contributed by atoms with van der Waals surface area (Å²) in [5, 5.41) is 21.1. The molecular weight excluding hydrogens is 202 g/mol. The topological polar surface area (TPSA) is 68.9 Å². The Kier molecular flexibility index (Phi) is 4.27. The molecule has 0 radical (unpaired) electrons. The lowest BCUT2D eigenvalue weighted by molar-refractivity contribution is 0.282. The van der Waals surface area contributed by atoms with Gasteiger partial charge < -0.3 is 10.4 Å². The highest BCUT2D eigenvalue weighted by Gasteiger charge is 2.10. The van der Waals surface area contributed by atoms with Gasteiger partial charge in [-0.3, -0.25) is 4.98 Å². The normalized spacial score (nSPS) is 11.9. The molecule has 4 heteroatoms. The average molecular weight is 219 g/mol. The second-order valence-electron chi connectivity index (χ2n) is 3.94. The third kappa shape index (κ3) is 2.94. The number of aliphatic hydroxyl groups excluding tert-OH is 1. The van der Waals surface area contributed by atoms with Crippen LogP contribution in [0.5, 0.6) is 0 Å². The Morgan fingerprint density at radius 1 is 1.56 bits per heavy atom. The molecular formula is C12H17N3O. The van der Waals surface area contributed by atoms with E-state index >= 15 is 0 Å². The first kappa shape index (κ1) is 12.5. The Labute approximate surface area is 95.9 Å². The summed E-state index contributed by atoms with van der Waals surface area (Å²) < 4.78 is 0. The monoisotopic (exact) mass is 219 g/mol. The predicted molar refractivity (Wildman–Crippen MR) is 63.2 cm³/mol. The van der Waals surface area contributed by atoms with Crippen molar-refractivity contribution in [1.82, 2.24) is 4.98 Å². The highest BCUT2D eigenvalue weighted by atomic mass is 16.3. The number of anilines is 1. The van der Waals surface area contributed by atoms with E-state index in [0.29, 0.717) is 12.0 Å². The SMILES string of the molecule is Cc1cc(NC(C)CCO)c(C#N)c(C)n1. The first-order chi connectivity index (χ1) is 7.58. The first-order valence-electron chi connectivity index (χ1n) is 5.34. The van der Waals surface area contributed by atoms with Gasteiger partial charge in [0.2, 0.25) is 0 Å². The van der Waals surface area contributed by atoms with Crippen LogP contribution in [0.25, 0.3) is 0 Å². The lowest BCUT2D eigenvalue weighted by atomic mass is 10.1. The molecule has 86 valence electrons. The number of nitrogens with zero attached hydrogens (tertiary/aromatic N) is 2. The van der Waals surface area contributed by atoms with Gasteiger partial charge in [0.05, 0.1) is 16.9 Å². The Morgan fingerprint density at radius 3 is 2.81 bits per heavy atom. The molecule has 0 aliphatic heterocycles. The summed E-state index contributed by atoms with van der Waals surface area (Å²) in [6.07, 6.45) is 0.658. The predicted octanol–water partition coefficient (Wildman–Crippen LogP) is 1.75. The fourth-order valence-electron chi connectivity index (χ4n) is 1.61. The number of pyridine rings is 1. The molecule has 0 amide bonds. The van der Waals surface area contributed by atoms with Crippen LogP contribution in [0.4, 0.5) is 5.69 Å².